The lowest BCUT2D eigenvalue weighted by Gasteiger charge is -2.36. The predicted octanol–water partition coefficient (Wildman–Crippen LogP) is 2.24. The van der Waals surface area contributed by atoms with Gasteiger partial charge in [0.25, 0.3) is 0 Å². The Balaban J connectivity index is 1.55. The van der Waals surface area contributed by atoms with E-state index in [1.807, 2.05) is 24.0 Å². The van der Waals surface area contributed by atoms with E-state index < -0.39 is 0 Å². The number of carbonyl (C=O) groups excluding carboxylic acids is 1. The highest BCUT2D eigenvalue weighted by atomic mass is 16.2. The number of amides is 1. The normalized spacial score (nSPS) is 15.8. The van der Waals surface area contributed by atoms with E-state index in [0.717, 1.165) is 24.7 Å². The summed E-state index contributed by atoms with van der Waals surface area (Å²) in [5.74, 6) is 0.864. The molecule has 1 aliphatic rings. The zero-order chi connectivity index (χ0) is 17.8. The van der Waals surface area contributed by atoms with Gasteiger partial charge in [0.1, 0.15) is 6.04 Å². The SMILES string of the molecule is Cc1ccc(NC(C)C(=O)N2CCN(c3ncccn3)CC2)cc1C. The molecule has 0 bridgehead atoms. The topological polar surface area (TPSA) is 61.4 Å². The van der Waals surface area contributed by atoms with Crippen LogP contribution in [0, 0.1) is 13.8 Å². The second-order valence-electron chi connectivity index (χ2n) is 6.53. The molecule has 1 saturated heterocycles. The number of hydrogen-bond donors (Lipinski definition) is 1. The lowest BCUT2D eigenvalue weighted by Crippen LogP contribution is -2.52. The molecule has 2 aromatic rings. The van der Waals surface area contributed by atoms with Gasteiger partial charge in [0, 0.05) is 44.3 Å². The number of nitrogens with zero attached hydrogens (tertiary/aromatic N) is 4. The van der Waals surface area contributed by atoms with Crippen LogP contribution in [-0.2, 0) is 4.79 Å². The largest absolute Gasteiger partial charge is 0.374 e. The highest BCUT2D eigenvalue weighted by Crippen LogP contribution is 2.16. The van der Waals surface area contributed by atoms with Crippen molar-refractivity contribution < 1.29 is 4.79 Å². The van der Waals surface area contributed by atoms with Crippen LogP contribution in [0.2, 0.25) is 0 Å². The van der Waals surface area contributed by atoms with Gasteiger partial charge >= 0.3 is 0 Å². The molecule has 0 radical (unpaired) electrons. The van der Waals surface area contributed by atoms with E-state index in [-0.39, 0.29) is 11.9 Å². The van der Waals surface area contributed by atoms with Crippen LogP contribution in [0.4, 0.5) is 11.6 Å². The molecule has 1 N–H and O–H groups in total. The van der Waals surface area contributed by atoms with Crippen LogP contribution in [0.1, 0.15) is 18.1 Å². The van der Waals surface area contributed by atoms with Gasteiger partial charge in [-0.3, -0.25) is 4.79 Å². The summed E-state index contributed by atoms with van der Waals surface area (Å²) in [5, 5.41) is 3.32. The van der Waals surface area contributed by atoms with Gasteiger partial charge in [-0.2, -0.15) is 0 Å². The summed E-state index contributed by atoms with van der Waals surface area (Å²) in [4.78, 5) is 25.3. The van der Waals surface area contributed by atoms with Crippen LogP contribution in [0.3, 0.4) is 0 Å². The second kappa shape index (κ2) is 7.51. The van der Waals surface area contributed by atoms with E-state index in [2.05, 4.69) is 46.2 Å². The molecule has 6 nitrogen and oxygen atoms in total. The summed E-state index contributed by atoms with van der Waals surface area (Å²) in [6.45, 7) is 8.98. The molecule has 0 aliphatic carbocycles. The predicted molar refractivity (Wildman–Crippen MR) is 99.8 cm³/mol. The number of hydrogen-bond acceptors (Lipinski definition) is 5. The van der Waals surface area contributed by atoms with Crippen LogP contribution in [0.25, 0.3) is 0 Å². The summed E-state index contributed by atoms with van der Waals surface area (Å²) in [6, 6.07) is 7.75. The molecular weight excluding hydrogens is 314 g/mol. The minimum absolute atomic E-state index is 0.131. The van der Waals surface area contributed by atoms with E-state index in [9.17, 15) is 4.79 Å². The molecule has 0 saturated carbocycles. The molecule has 2 heterocycles. The fourth-order valence-corrected chi connectivity index (χ4v) is 3.00. The van der Waals surface area contributed by atoms with Gasteiger partial charge in [0.15, 0.2) is 0 Å². The quantitative estimate of drug-likeness (QED) is 0.926. The first-order valence-corrected chi connectivity index (χ1v) is 8.69. The van der Waals surface area contributed by atoms with E-state index in [0.29, 0.717) is 13.1 Å². The zero-order valence-corrected chi connectivity index (χ0v) is 15.1. The van der Waals surface area contributed by atoms with Crippen molar-refractivity contribution in [2.24, 2.45) is 0 Å². The summed E-state index contributed by atoms with van der Waals surface area (Å²) in [6.07, 6.45) is 3.49. The summed E-state index contributed by atoms with van der Waals surface area (Å²) >= 11 is 0. The number of rotatable bonds is 4. The Bertz CT molecular complexity index is 726. The van der Waals surface area contributed by atoms with Crippen molar-refractivity contribution in [2.45, 2.75) is 26.8 Å². The molecule has 1 amide bonds. The zero-order valence-electron chi connectivity index (χ0n) is 15.1. The smallest absolute Gasteiger partial charge is 0.244 e. The van der Waals surface area contributed by atoms with Gasteiger partial charge in [-0.1, -0.05) is 6.07 Å². The van der Waals surface area contributed by atoms with E-state index >= 15 is 0 Å². The fourth-order valence-electron chi connectivity index (χ4n) is 3.00. The molecule has 1 aromatic heterocycles. The van der Waals surface area contributed by atoms with Crippen LogP contribution < -0.4 is 10.2 Å². The summed E-state index contributed by atoms with van der Waals surface area (Å²) in [7, 11) is 0. The van der Waals surface area contributed by atoms with Crippen molar-refractivity contribution in [1.29, 1.82) is 0 Å². The van der Waals surface area contributed by atoms with Crippen LogP contribution >= 0.6 is 0 Å². The van der Waals surface area contributed by atoms with Crippen molar-refractivity contribution in [3.63, 3.8) is 0 Å². The first kappa shape index (κ1) is 17.2. The minimum atomic E-state index is -0.248. The highest BCUT2D eigenvalue weighted by Gasteiger charge is 2.25. The first-order chi connectivity index (χ1) is 12.0. The summed E-state index contributed by atoms with van der Waals surface area (Å²) < 4.78 is 0. The second-order valence-corrected chi connectivity index (χ2v) is 6.53. The molecule has 6 heteroatoms. The Kier molecular flexibility index (Phi) is 5.16. The number of carbonyl (C=O) groups is 1. The number of aryl methyl sites for hydroxylation is 2. The number of benzene rings is 1. The van der Waals surface area contributed by atoms with E-state index in [1.54, 1.807) is 12.4 Å². The highest BCUT2D eigenvalue weighted by molar-refractivity contribution is 5.84. The van der Waals surface area contributed by atoms with Crippen LogP contribution in [0.5, 0.6) is 0 Å². The lowest BCUT2D eigenvalue weighted by atomic mass is 10.1. The number of piperazine rings is 1. The van der Waals surface area contributed by atoms with Crippen LogP contribution in [-0.4, -0.2) is 53.0 Å². The molecule has 3 rings (SSSR count). The van der Waals surface area contributed by atoms with Gasteiger partial charge in [0.2, 0.25) is 11.9 Å². The maximum Gasteiger partial charge on any atom is 0.244 e. The van der Waals surface area contributed by atoms with Crippen molar-refractivity contribution in [1.82, 2.24) is 14.9 Å². The van der Waals surface area contributed by atoms with Crippen molar-refractivity contribution in [2.75, 3.05) is 36.4 Å². The third kappa shape index (κ3) is 4.07. The van der Waals surface area contributed by atoms with Crippen LogP contribution in [0.15, 0.2) is 36.7 Å². The first-order valence-electron chi connectivity index (χ1n) is 8.69. The number of nitrogens with one attached hydrogen (secondary N) is 1. The third-order valence-electron chi connectivity index (χ3n) is 4.69. The average Bonchev–Trinajstić information content (AvgIpc) is 2.65. The lowest BCUT2D eigenvalue weighted by molar-refractivity contribution is -0.131. The van der Waals surface area contributed by atoms with Gasteiger partial charge in [0.05, 0.1) is 0 Å². The third-order valence-corrected chi connectivity index (χ3v) is 4.69. The Hall–Kier alpha value is -2.63. The Morgan fingerprint density at radius 3 is 2.40 bits per heavy atom. The van der Waals surface area contributed by atoms with Crippen molar-refractivity contribution in [3.05, 3.63) is 47.8 Å². The Morgan fingerprint density at radius 2 is 1.76 bits per heavy atom. The molecule has 1 aromatic carbocycles. The minimum Gasteiger partial charge on any atom is -0.374 e. The molecule has 1 aliphatic heterocycles. The molecular formula is C19H25N5O. The monoisotopic (exact) mass is 339 g/mol. The Morgan fingerprint density at radius 1 is 1.08 bits per heavy atom. The van der Waals surface area contributed by atoms with Gasteiger partial charge in [-0.15, -0.1) is 0 Å². The van der Waals surface area contributed by atoms with Crippen molar-refractivity contribution >= 4 is 17.5 Å². The molecule has 1 atom stereocenters. The van der Waals surface area contributed by atoms with Gasteiger partial charge in [-0.05, 0) is 50.1 Å². The molecule has 25 heavy (non-hydrogen) atoms. The van der Waals surface area contributed by atoms with Crippen molar-refractivity contribution in [3.8, 4) is 0 Å². The molecule has 132 valence electrons. The maximum atomic E-state index is 12.7. The van der Waals surface area contributed by atoms with E-state index in [1.165, 1.54) is 11.1 Å². The standard InChI is InChI=1S/C19H25N5O/c1-14-5-6-17(13-15(14)2)22-16(3)18(25)23-9-11-24(12-10-23)19-20-7-4-8-21-19/h4-8,13,16,22H,9-12H2,1-3H3. The fraction of sp³-hybridized carbons (Fsp3) is 0.421. The molecule has 1 unspecified atom stereocenters. The number of aromatic nitrogens is 2. The van der Waals surface area contributed by atoms with Gasteiger partial charge < -0.3 is 15.1 Å². The van der Waals surface area contributed by atoms with Gasteiger partial charge in [-0.25, -0.2) is 9.97 Å². The molecule has 1 fully saturated rings. The van der Waals surface area contributed by atoms with E-state index in [4.69, 9.17) is 0 Å². The maximum absolute atomic E-state index is 12.7. The number of anilines is 2. The average molecular weight is 339 g/mol. The Labute approximate surface area is 148 Å². The molecule has 0 spiro atoms. The summed E-state index contributed by atoms with van der Waals surface area (Å²) in [5.41, 5.74) is 3.46.